The molecule has 120 valence electrons. The fourth-order valence-electron chi connectivity index (χ4n) is 3.68. The number of piperazine rings is 1. The zero-order valence-electron chi connectivity index (χ0n) is 13.9. The lowest BCUT2D eigenvalue weighted by molar-refractivity contribution is -0.153. The Labute approximate surface area is 128 Å². The molecule has 4 heteroatoms. The zero-order chi connectivity index (χ0) is 15.6. The summed E-state index contributed by atoms with van der Waals surface area (Å²) >= 11 is 0. The first kappa shape index (κ1) is 16.3. The summed E-state index contributed by atoms with van der Waals surface area (Å²) in [5.74, 6) is 1.08. The average molecular weight is 294 g/mol. The molecule has 4 nitrogen and oxygen atoms in total. The highest BCUT2D eigenvalue weighted by Crippen LogP contribution is 2.29. The number of nitrogens with zero attached hydrogens (tertiary/aromatic N) is 1. The molecule has 0 aromatic rings. The number of rotatable bonds is 3. The van der Waals surface area contributed by atoms with Gasteiger partial charge in [0, 0.05) is 6.04 Å². The quantitative estimate of drug-likeness (QED) is 0.814. The molecule has 1 heterocycles. The summed E-state index contributed by atoms with van der Waals surface area (Å²) in [6, 6.07) is -0.411. The summed E-state index contributed by atoms with van der Waals surface area (Å²) in [4.78, 5) is 27.1. The summed E-state index contributed by atoms with van der Waals surface area (Å²) < 4.78 is 0. The summed E-state index contributed by atoms with van der Waals surface area (Å²) in [5.41, 5.74) is 0. The second-order valence-corrected chi connectivity index (χ2v) is 7.06. The van der Waals surface area contributed by atoms with Crippen LogP contribution in [0.3, 0.4) is 0 Å². The molecular formula is C17H30N2O2. The van der Waals surface area contributed by atoms with Crippen LogP contribution < -0.4 is 5.32 Å². The Kier molecular flexibility index (Phi) is 5.28. The van der Waals surface area contributed by atoms with E-state index in [1.54, 1.807) is 0 Å². The van der Waals surface area contributed by atoms with Crippen molar-refractivity contribution in [3.05, 3.63) is 0 Å². The fraction of sp³-hybridized carbons (Fsp3) is 0.882. The topological polar surface area (TPSA) is 49.4 Å². The van der Waals surface area contributed by atoms with Gasteiger partial charge >= 0.3 is 0 Å². The number of hydrogen-bond acceptors (Lipinski definition) is 2. The van der Waals surface area contributed by atoms with Crippen LogP contribution in [0, 0.1) is 11.8 Å². The van der Waals surface area contributed by atoms with E-state index in [1.165, 1.54) is 6.42 Å². The van der Waals surface area contributed by atoms with Gasteiger partial charge in [-0.2, -0.15) is 0 Å². The number of carbonyl (C=O) groups is 2. The van der Waals surface area contributed by atoms with Crippen LogP contribution in [-0.2, 0) is 9.59 Å². The molecule has 0 bridgehead atoms. The molecule has 21 heavy (non-hydrogen) atoms. The van der Waals surface area contributed by atoms with Crippen molar-refractivity contribution in [1.82, 2.24) is 10.2 Å². The van der Waals surface area contributed by atoms with E-state index in [2.05, 4.69) is 19.2 Å². The largest absolute Gasteiger partial charge is 0.342 e. The monoisotopic (exact) mass is 294 g/mol. The van der Waals surface area contributed by atoms with Gasteiger partial charge in [0.25, 0.3) is 0 Å². The van der Waals surface area contributed by atoms with Gasteiger partial charge in [0.1, 0.15) is 12.1 Å². The van der Waals surface area contributed by atoms with Crippen molar-refractivity contribution in [2.75, 3.05) is 0 Å². The van der Waals surface area contributed by atoms with Gasteiger partial charge in [-0.05, 0) is 38.0 Å². The second-order valence-electron chi connectivity index (χ2n) is 7.06. The van der Waals surface area contributed by atoms with E-state index >= 15 is 0 Å². The molecule has 0 aromatic carbocycles. The number of nitrogens with one attached hydrogen (secondary N) is 1. The first-order valence-corrected chi connectivity index (χ1v) is 8.58. The Balaban J connectivity index is 2.18. The third-order valence-electron chi connectivity index (χ3n) is 5.45. The first-order valence-electron chi connectivity index (χ1n) is 8.58. The minimum Gasteiger partial charge on any atom is -0.342 e. The highest BCUT2D eigenvalue weighted by Gasteiger charge is 2.43. The molecule has 2 aliphatic rings. The van der Waals surface area contributed by atoms with Crippen LogP contribution in [0.25, 0.3) is 0 Å². The van der Waals surface area contributed by atoms with Gasteiger partial charge in [-0.1, -0.05) is 40.0 Å². The van der Waals surface area contributed by atoms with Gasteiger partial charge in [-0.25, -0.2) is 0 Å². The molecule has 2 rings (SSSR count). The fourth-order valence-corrected chi connectivity index (χ4v) is 3.68. The summed E-state index contributed by atoms with van der Waals surface area (Å²) in [6.07, 6.45) is 6.56. The van der Waals surface area contributed by atoms with Crippen LogP contribution in [0.15, 0.2) is 0 Å². The molecule has 0 spiro atoms. The van der Waals surface area contributed by atoms with Crippen LogP contribution in [0.2, 0.25) is 0 Å². The molecule has 1 N–H and O–H groups in total. The van der Waals surface area contributed by atoms with E-state index < -0.39 is 0 Å². The van der Waals surface area contributed by atoms with Crippen LogP contribution in [0.4, 0.5) is 0 Å². The van der Waals surface area contributed by atoms with E-state index in [0.717, 1.165) is 38.0 Å². The van der Waals surface area contributed by atoms with E-state index in [-0.39, 0.29) is 35.9 Å². The minimum atomic E-state index is -0.334. The van der Waals surface area contributed by atoms with Gasteiger partial charge in [0.15, 0.2) is 0 Å². The Morgan fingerprint density at radius 1 is 1.19 bits per heavy atom. The van der Waals surface area contributed by atoms with Crippen LogP contribution in [0.5, 0.6) is 0 Å². The molecule has 1 saturated heterocycles. The van der Waals surface area contributed by atoms with Crippen LogP contribution >= 0.6 is 0 Å². The maximum absolute atomic E-state index is 12.9. The van der Waals surface area contributed by atoms with Gasteiger partial charge in [0.2, 0.25) is 11.8 Å². The SMILES string of the molecule is CCC(C)C1NC(=O)C(C)N(C2CCCC(C)CC2)C1=O. The Hall–Kier alpha value is -1.06. The lowest BCUT2D eigenvalue weighted by atomic mass is 9.92. The van der Waals surface area contributed by atoms with E-state index in [9.17, 15) is 9.59 Å². The lowest BCUT2D eigenvalue weighted by Crippen LogP contribution is -2.66. The van der Waals surface area contributed by atoms with Crippen molar-refractivity contribution in [2.24, 2.45) is 11.8 Å². The maximum Gasteiger partial charge on any atom is 0.246 e. The normalized spacial score (nSPS) is 36.1. The maximum atomic E-state index is 12.9. The summed E-state index contributed by atoms with van der Waals surface area (Å²) in [5, 5.41) is 2.93. The van der Waals surface area contributed by atoms with Gasteiger partial charge < -0.3 is 10.2 Å². The smallest absolute Gasteiger partial charge is 0.246 e. The van der Waals surface area contributed by atoms with Crippen LogP contribution in [0.1, 0.15) is 66.2 Å². The molecule has 5 unspecified atom stereocenters. The van der Waals surface area contributed by atoms with Crippen molar-refractivity contribution in [1.29, 1.82) is 0 Å². The summed E-state index contributed by atoms with van der Waals surface area (Å²) in [6.45, 7) is 8.28. The highest BCUT2D eigenvalue weighted by atomic mass is 16.2. The second kappa shape index (κ2) is 6.80. The highest BCUT2D eigenvalue weighted by molar-refractivity contribution is 5.97. The zero-order valence-corrected chi connectivity index (χ0v) is 13.9. The average Bonchev–Trinajstić information content (AvgIpc) is 2.67. The van der Waals surface area contributed by atoms with E-state index in [1.807, 2.05) is 18.7 Å². The third-order valence-corrected chi connectivity index (χ3v) is 5.45. The molecule has 2 amide bonds. The standard InChI is InChI=1S/C17H30N2O2/c1-5-12(3)15-17(21)19(13(4)16(20)18-15)14-8-6-7-11(2)9-10-14/h11-15H,5-10H2,1-4H3,(H,18,20). The number of carbonyl (C=O) groups excluding carboxylic acids is 2. The first-order chi connectivity index (χ1) is 9.95. The van der Waals surface area contributed by atoms with Crippen LogP contribution in [-0.4, -0.2) is 34.8 Å². The van der Waals surface area contributed by atoms with E-state index in [0.29, 0.717) is 0 Å². The van der Waals surface area contributed by atoms with Crippen molar-refractivity contribution in [3.63, 3.8) is 0 Å². The minimum absolute atomic E-state index is 0.0113. The molecule has 1 aliphatic heterocycles. The van der Waals surface area contributed by atoms with Gasteiger partial charge in [0.05, 0.1) is 0 Å². The molecule has 1 aliphatic carbocycles. The predicted molar refractivity (Wildman–Crippen MR) is 83.7 cm³/mol. The molecule has 1 saturated carbocycles. The predicted octanol–water partition coefficient (Wildman–Crippen LogP) is 2.72. The molecular weight excluding hydrogens is 264 g/mol. The van der Waals surface area contributed by atoms with Crippen molar-refractivity contribution < 1.29 is 9.59 Å². The Morgan fingerprint density at radius 3 is 2.57 bits per heavy atom. The molecule has 0 radical (unpaired) electrons. The number of amides is 2. The summed E-state index contributed by atoms with van der Waals surface area (Å²) in [7, 11) is 0. The molecule has 2 fully saturated rings. The lowest BCUT2D eigenvalue weighted by Gasteiger charge is -2.43. The van der Waals surface area contributed by atoms with Gasteiger partial charge in [-0.3, -0.25) is 9.59 Å². The van der Waals surface area contributed by atoms with Gasteiger partial charge in [-0.15, -0.1) is 0 Å². The Morgan fingerprint density at radius 2 is 1.90 bits per heavy atom. The molecule has 0 aromatic heterocycles. The third kappa shape index (κ3) is 3.41. The number of hydrogen-bond donors (Lipinski definition) is 1. The van der Waals surface area contributed by atoms with E-state index in [4.69, 9.17) is 0 Å². The van der Waals surface area contributed by atoms with Crippen molar-refractivity contribution >= 4 is 11.8 Å². The van der Waals surface area contributed by atoms with Crippen molar-refractivity contribution in [3.8, 4) is 0 Å². The molecule has 5 atom stereocenters. The van der Waals surface area contributed by atoms with Crippen molar-refractivity contribution in [2.45, 2.75) is 84.3 Å². The Bertz CT molecular complexity index is 396.